The van der Waals surface area contributed by atoms with E-state index in [0.717, 1.165) is 4.68 Å². The van der Waals surface area contributed by atoms with E-state index in [1.807, 2.05) is 6.07 Å². The number of amides is 1. The van der Waals surface area contributed by atoms with Crippen LogP contribution in [0.25, 0.3) is 0 Å². The monoisotopic (exact) mass is 214 g/mol. The molecule has 1 heterocycles. The summed E-state index contributed by atoms with van der Waals surface area (Å²) >= 11 is 0. The van der Waals surface area contributed by atoms with Crippen molar-refractivity contribution in [2.45, 2.75) is 0 Å². The van der Waals surface area contributed by atoms with E-state index < -0.39 is 0 Å². The van der Waals surface area contributed by atoms with E-state index in [0.29, 0.717) is 5.56 Å². The van der Waals surface area contributed by atoms with Gasteiger partial charge in [0, 0.05) is 17.8 Å². The van der Waals surface area contributed by atoms with Gasteiger partial charge in [-0.15, -0.1) is 0 Å². The first-order chi connectivity index (χ1) is 7.77. The van der Waals surface area contributed by atoms with Crippen LogP contribution in [-0.2, 0) is 0 Å². The molecule has 4 nitrogen and oxygen atoms in total. The van der Waals surface area contributed by atoms with Crippen LogP contribution < -0.4 is 11.0 Å². The number of nitrogens with one attached hydrogen (secondary N) is 1. The highest BCUT2D eigenvalue weighted by Crippen LogP contribution is 1.98. The van der Waals surface area contributed by atoms with Crippen LogP contribution in [0.2, 0.25) is 0 Å². The molecule has 1 N–H and O–H groups in total. The number of hydrogen-bond acceptors (Lipinski definition) is 2. The number of benzene rings is 1. The zero-order chi connectivity index (χ0) is 11.4. The van der Waals surface area contributed by atoms with E-state index in [9.17, 15) is 9.59 Å². The molecule has 1 aromatic carbocycles. The third-order valence-corrected chi connectivity index (χ3v) is 2.08. The van der Waals surface area contributed by atoms with Crippen molar-refractivity contribution in [3.8, 4) is 0 Å². The largest absolute Gasteiger partial charge is 0.270 e. The zero-order valence-electron chi connectivity index (χ0n) is 8.46. The molecule has 1 amide bonds. The van der Waals surface area contributed by atoms with Gasteiger partial charge in [0.2, 0.25) is 0 Å². The van der Waals surface area contributed by atoms with E-state index in [4.69, 9.17) is 0 Å². The Labute approximate surface area is 92.1 Å². The Morgan fingerprint density at radius 2 is 1.69 bits per heavy atom. The van der Waals surface area contributed by atoms with Crippen LogP contribution in [-0.4, -0.2) is 10.6 Å². The highest BCUT2D eigenvalue weighted by atomic mass is 16.2. The first-order valence-corrected chi connectivity index (χ1v) is 4.81. The summed E-state index contributed by atoms with van der Waals surface area (Å²) < 4.78 is 1.15. The van der Waals surface area contributed by atoms with Crippen LogP contribution in [0.5, 0.6) is 0 Å². The van der Waals surface area contributed by atoms with Crippen molar-refractivity contribution in [3.63, 3.8) is 0 Å². The van der Waals surface area contributed by atoms with Gasteiger partial charge in [-0.3, -0.25) is 15.0 Å². The van der Waals surface area contributed by atoms with Gasteiger partial charge in [0.05, 0.1) is 0 Å². The number of carbonyl (C=O) groups is 1. The first-order valence-electron chi connectivity index (χ1n) is 4.81. The quantitative estimate of drug-likeness (QED) is 0.817. The van der Waals surface area contributed by atoms with Crippen LogP contribution in [0.15, 0.2) is 59.5 Å². The minimum atomic E-state index is -0.311. The lowest BCUT2D eigenvalue weighted by Crippen LogP contribution is -2.31. The minimum absolute atomic E-state index is 0.271. The Bertz CT molecular complexity index is 546. The van der Waals surface area contributed by atoms with Crippen molar-refractivity contribution in [1.82, 2.24) is 4.68 Å². The molecule has 0 saturated heterocycles. The Balaban J connectivity index is 2.21. The molecule has 0 aliphatic carbocycles. The summed E-state index contributed by atoms with van der Waals surface area (Å²) in [6.45, 7) is 0. The summed E-state index contributed by atoms with van der Waals surface area (Å²) in [4.78, 5) is 23.0. The minimum Gasteiger partial charge on any atom is -0.268 e. The molecule has 0 atom stereocenters. The van der Waals surface area contributed by atoms with Gasteiger partial charge in [-0.05, 0) is 18.2 Å². The van der Waals surface area contributed by atoms with Gasteiger partial charge in [-0.1, -0.05) is 24.3 Å². The van der Waals surface area contributed by atoms with E-state index in [1.54, 1.807) is 36.4 Å². The Hall–Kier alpha value is -2.36. The first kappa shape index (κ1) is 10.2. The second-order valence-electron chi connectivity index (χ2n) is 3.22. The summed E-state index contributed by atoms with van der Waals surface area (Å²) in [6, 6.07) is 13.4. The molecule has 80 valence electrons. The maximum absolute atomic E-state index is 11.7. The summed E-state index contributed by atoms with van der Waals surface area (Å²) in [5, 5.41) is 0. The Kier molecular flexibility index (Phi) is 2.82. The second-order valence-corrected chi connectivity index (χ2v) is 3.22. The lowest BCUT2D eigenvalue weighted by molar-refractivity contribution is 0.101. The summed E-state index contributed by atoms with van der Waals surface area (Å²) in [5.74, 6) is -0.311. The van der Waals surface area contributed by atoms with Gasteiger partial charge in [-0.2, -0.15) is 0 Å². The topological polar surface area (TPSA) is 51.1 Å². The van der Waals surface area contributed by atoms with Crippen LogP contribution in [0.3, 0.4) is 0 Å². The van der Waals surface area contributed by atoms with E-state index in [2.05, 4.69) is 5.43 Å². The number of hydrogen-bond donors (Lipinski definition) is 1. The fraction of sp³-hybridized carbons (Fsp3) is 0. The molecule has 0 saturated carbocycles. The number of nitrogens with zero attached hydrogens (tertiary/aromatic N) is 1. The van der Waals surface area contributed by atoms with Crippen LogP contribution in [0, 0.1) is 0 Å². The standard InChI is InChI=1S/C12H10N2O2/c15-11-8-4-5-9-14(11)13-12(16)10-6-2-1-3-7-10/h1-9H,(H,13,16). The molecule has 1 aromatic heterocycles. The fourth-order valence-electron chi connectivity index (χ4n) is 1.28. The number of carbonyl (C=O) groups excluding carboxylic acids is 1. The molecule has 0 radical (unpaired) electrons. The second kappa shape index (κ2) is 4.44. The van der Waals surface area contributed by atoms with Crippen LogP contribution in [0.1, 0.15) is 10.4 Å². The predicted octanol–water partition coefficient (Wildman–Crippen LogP) is 1.23. The Morgan fingerprint density at radius 3 is 2.38 bits per heavy atom. The van der Waals surface area contributed by atoms with Gasteiger partial charge < -0.3 is 0 Å². The molecule has 0 fully saturated rings. The third kappa shape index (κ3) is 2.17. The molecule has 2 rings (SSSR count). The highest BCUT2D eigenvalue weighted by Gasteiger charge is 2.04. The predicted molar refractivity (Wildman–Crippen MR) is 60.8 cm³/mol. The van der Waals surface area contributed by atoms with Crippen molar-refractivity contribution in [3.05, 3.63) is 70.6 Å². The summed E-state index contributed by atoms with van der Waals surface area (Å²) in [7, 11) is 0. The van der Waals surface area contributed by atoms with Crippen LogP contribution >= 0.6 is 0 Å². The molecule has 4 heteroatoms. The number of rotatable bonds is 2. The van der Waals surface area contributed by atoms with Gasteiger partial charge >= 0.3 is 0 Å². The van der Waals surface area contributed by atoms with Crippen molar-refractivity contribution >= 4 is 5.91 Å². The van der Waals surface area contributed by atoms with Gasteiger partial charge in [-0.25, -0.2) is 4.68 Å². The maximum Gasteiger partial charge on any atom is 0.270 e. The number of aromatic nitrogens is 1. The fourth-order valence-corrected chi connectivity index (χ4v) is 1.28. The summed E-state index contributed by atoms with van der Waals surface area (Å²) in [6.07, 6.45) is 1.50. The zero-order valence-corrected chi connectivity index (χ0v) is 8.46. The van der Waals surface area contributed by atoms with Crippen molar-refractivity contribution in [2.75, 3.05) is 5.43 Å². The SMILES string of the molecule is O=C(Nn1ccccc1=O)c1ccccc1. The summed E-state index contributed by atoms with van der Waals surface area (Å²) in [5.41, 5.74) is 2.73. The van der Waals surface area contributed by atoms with Crippen molar-refractivity contribution in [1.29, 1.82) is 0 Å². The van der Waals surface area contributed by atoms with E-state index in [1.165, 1.54) is 12.3 Å². The highest BCUT2D eigenvalue weighted by molar-refractivity contribution is 5.99. The van der Waals surface area contributed by atoms with Gasteiger partial charge in [0.1, 0.15) is 0 Å². The van der Waals surface area contributed by atoms with Crippen molar-refractivity contribution in [2.24, 2.45) is 0 Å². The maximum atomic E-state index is 11.7. The molecule has 0 aliphatic rings. The molecule has 0 unspecified atom stereocenters. The number of pyridine rings is 1. The lowest BCUT2D eigenvalue weighted by Gasteiger charge is -2.06. The van der Waals surface area contributed by atoms with Gasteiger partial charge in [0.25, 0.3) is 11.5 Å². The average Bonchev–Trinajstić information content (AvgIpc) is 2.33. The molecule has 16 heavy (non-hydrogen) atoms. The molecule has 0 spiro atoms. The third-order valence-electron chi connectivity index (χ3n) is 2.08. The lowest BCUT2D eigenvalue weighted by atomic mass is 10.2. The van der Waals surface area contributed by atoms with Crippen molar-refractivity contribution < 1.29 is 4.79 Å². The van der Waals surface area contributed by atoms with Crippen LogP contribution in [0.4, 0.5) is 0 Å². The van der Waals surface area contributed by atoms with Gasteiger partial charge in [0.15, 0.2) is 0 Å². The molecule has 2 aromatic rings. The average molecular weight is 214 g/mol. The molecular weight excluding hydrogens is 204 g/mol. The molecular formula is C12H10N2O2. The normalized spacial score (nSPS) is 9.75. The van der Waals surface area contributed by atoms with E-state index in [-0.39, 0.29) is 11.5 Å². The van der Waals surface area contributed by atoms with E-state index >= 15 is 0 Å². The molecule has 0 aliphatic heterocycles. The smallest absolute Gasteiger partial charge is 0.268 e. The molecule has 0 bridgehead atoms. The Morgan fingerprint density at radius 1 is 1.00 bits per heavy atom.